The van der Waals surface area contributed by atoms with Crippen molar-refractivity contribution in [1.82, 2.24) is 34.8 Å². The van der Waals surface area contributed by atoms with Crippen LogP contribution in [0.2, 0.25) is 0 Å². The number of aromatic amines is 1. The van der Waals surface area contributed by atoms with Gasteiger partial charge >= 0.3 is 0 Å². The van der Waals surface area contributed by atoms with Crippen LogP contribution >= 0.6 is 0 Å². The van der Waals surface area contributed by atoms with Gasteiger partial charge in [0.1, 0.15) is 11.6 Å². The molecule has 0 unspecified atom stereocenters. The van der Waals surface area contributed by atoms with E-state index in [0.717, 1.165) is 54.4 Å². The number of rotatable bonds is 7. The molecule has 2 aliphatic rings. The number of nitrogens with zero attached hydrogens (tertiary/aromatic N) is 7. The van der Waals surface area contributed by atoms with Gasteiger partial charge in [0.2, 0.25) is 0 Å². The molecule has 3 aromatic heterocycles. The molecule has 0 atom stereocenters. The van der Waals surface area contributed by atoms with Gasteiger partial charge < -0.3 is 9.80 Å². The summed E-state index contributed by atoms with van der Waals surface area (Å²) in [6.07, 6.45) is 10.8. The van der Waals surface area contributed by atoms with E-state index in [4.69, 9.17) is 10.1 Å². The molecule has 1 N–H and O–H groups in total. The third kappa shape index (κ3) is 4.31. The molecule has 8 heteroatoms. The third-order valence-corrected chi connectivity index (χ3v) is 6.83. The first-order valence-corrected chi connectivity index (χ1v) is 11.9. The molecule has 1 fully saturated rings. The Morgan fingerprint density at radius 2 is 1.81 bits per heavy atom. The first-order chi connectivity index (χ1) is 15.2. The quantitative estimate of drug-likeness (QED) is 0.588. The molecule has 2 aliphatic heterocycles. The number of aryl methyl sites for hydroxylation is 3. The lowest BCUT2D eigenvalue weighted by atomic mass is 10.1. The Morgan fingerprint density at radius 3 is 2.68 bits per heavy atom. The maximum absolute atomic E-state index is 4.91. The number of hydrogen-bond acceptors (Lipinski definition) is 6. The van der Waals surface area contributed by atoms with E-state index in [0.29, 0.717) is 0 Å². The van der Waals surface area contributed by atoms with Crippen LogP contribution in [-0.4, -0.2) is 61.0 Å². The second-order valence-corrected chi connectivity index (χ2v) is 9.10. The molecule has 5 heterocycles. The first kappa shape index (κ1) is 20.4. The zero-order chi connectivity index (χ0) is 21.2. The highest BCUT2D eigenvalue weighted by Gasteiger charge is 2.25. The van der Waals surface area contributed by atoms with Crippen LogP contribution in [-0.2, 0) is 19.5 Å². The van der Waals surface area contributed by atoms with Crippen LogP contribution in [0.15, 0.2) is 6.20 Å². The van der Waals surface area contributed by atoms with Gasteiger partial charge in [0.15, 0.2) is 5.65 Å². The molecule has 0 aliphatic carbocycles. The average Bonchev–Trinajstić information content (AvgIpc) is 3.38. The predicted octanol–water partition coefficient (Wildman–Crippen LogP) is 3.39. The Labute approximate surface area is 184 Å². The number of hydrogen-bond donors (Lipinski definition) is 1. The molecule has 5 rings (SSSR count). The predicted molar refractivity (Wildman–Crippen MR) is 122 cm³/mol. The molecule has 31 heavy (non-hydrogen) atoms. The van der Waals surface area contributed by atoms with Crippen molar-refractivity contribution in [2.75, 3.05) is 31.1 Å². The lowest BCUT2D eigenvalue weighted by Gasteiger charge is -2.29. The van der Waals surface area contributed by atoms with Gasteiger partial charge in [0, 0.05) is 37.3 Å². The highest BCUT2D eigenvalue weighted by molar-refractivity contribution is 5.86. The minimum Gasteiger partial charge on any atom is -0.351 e. The number of aromatic nitrogens is 6. The monoisotopic (exact) mass is 422 g/mol. The Bertz CT molecular complexity index is 1030. The van der Waals surface area contributed by atoms with Crippen LogP contribution in [0, 0.1) is 13.8 Å². The van der Waals surface area contributed by atoms with Gasteiger partial charge in [0.05, 0.1) is 17.3 Å². The van der Waals surface area contributed by atoms with E-state index < -0.39 is 0 Å². The number of likely N-dealkylation sites (tertiary alicyclic amines) is 1. The van der Waals surface area contributed by atoms with Gasteiger partial charge in [-0.3, -0.25) is 9.78 Å². The lowest BCUT2D eigenvalue weighted by molar-refractivity contribution is 0.223. The fourth-order valence-electron chi connectivity index (χ4n) is 5.15. The standard InChI is InChI=1S/C23H34N8/c1-17-20-16-30(23-19-15-24-27-22(19)25-18(2)26-23)14-9-21(20)31(28-17)13-8-4-7-12-29-10-5-3-6-11-29/h15H,3-14,16H2,1-2H3,(H,24,25,26,27). The highest BCUT2D eigenvalue weighted by Crippen LogP contribution is 2.29. The molecule has 0 amide bonds. The van der Waals surface area contributed by atoms with Gasteiger partial charge in [-0.25, -0.2) is 9.97 Å². The van der Waals surface area contributed by atoms with E-state index in [2.05, 4.69) is 36.6 Å². The van der Waals surface area contributed by atoms with Crippen LogP contribution in [0.3, 0.4) is 0 Å². The van der Waals surface area contributed by atoms with Crippen LogP contribution in [0.5, 0.6) is 0 Å². The number of H-pyrrole nitrogens is 1. The molecular weight excluding hydrogens is 388 g/mol. The van der Waals surface area contributed by atoms with Crippen LogP contribution in [0.4, 0.5) is 5.82 Å². The summed E-state index contributed by atoms with van der Waals surface area (Å²) in [5.41, 5.74) is 4.75. The summed E-state index contributed by atoms with van der Waals surface area (Å²) < 4.78 is 2.28. The van der Waals surface area contributed by atoms with Crippen molar-refractivity contribution in [3.8, 4) is 0 Å². The Hall–Kier alpha value is -2.48. The number of piperidine rings is 1. The molecule has 0 aromatic carbocycles. The molecule has 0 bridgehead atoms. The smallest absolute Gasteiger partial charge is 0.161 e. The summed E-state index contributed by atoms with van der Waals surface area (Å²) in [5, 5.41) is 13.0. The molecule has 0 saturated carbocycles. The average molecular weight is 423 g/mol. The van der Waals surface area contributed by atoms with Crippen molar-refractivity contribution in [3.05, 3.63) is 29.0 Å². The van der Waals surface area contributed by atoms with Crippen molar-refractivity contribution >= 4 is 16.9 Å². The van der Waals surface area contributed by atoms with Crippen molar-refractivity contribution in [2.24, 2.45) is 0 Å². The maximum atomic E-state index is 4.91. The number of nitrogens with one attached hydrogen (secondary N) is 1. The largest absolute Gasteiger partial charge is 0.351 e. The van der Waals surface area contributed by atoms with Gasteiger partial charge in [-0.1, -0.05) is 12.8 Å². The Morgan fingerprint density at radius 1 is 0.968 bits per heavy atom. The minimum absolute atomic E-state index is 0.773. The zero-order valence-corrected chi connectivity index (χ0v) is 18.9. The molecule has 8 nitrogen and oxygen atoms in total. The molecule has 1 saturated heterocycles. The van der Waals surface area contributed by atoms with Crippen LogP contribution in [0.25, 0.3) is 11.0 Å². The van der Waals surface area contributed by atoms with E-state index in [1.165, 1.54) is 69.4 Å². The third-order valence-electron chi connectivity index (χ3n) is 6.83. The van der Waals surface area contributed by atoms with Crippen LogP contribution < -0.4 is 4.90 Å². The van der Waals surface area contributed by atoms with E-state index in [-0.39, 0.29) is 0 Å². The van der Waals surface area contributed by atoms with Gasteiger partial charge in [-0.15, -0.1) is 0 Å². The number of fused-ring (bicyclic) bond motifs is 2. The summed E-state index contributed by atoms with van der Waals surface area (Å²) in [4.78, 5) is 14.2. The fourth-order valence-corrected chi connectivity index (χ4v) is 5.15. The molecular formula is C23H34N8. The topological polar surface area (TPSA) is 78.8 Å². The zero-order valence-electron chi connectivity index (χ0n) is 18.9. The summed E-state index contributed by atoms with van der Waals surface area (Å²) in [6.45, 7) is 10.8. The van der Waals surface area contributed by atoms with E-state index >= 15 is 0 Å². The van der Waals surface area contributed by atoms with Crippen molar-refractivity contribution in [1.29, 1.82) is 0 Å². The number of unbranched alkanes of at least 4 members (excludes halogenated alkanes) is 2. The van der Waals surface area contributed by atoms with Gasteiger partial charge in [0.25, 0.3) is 0 Å². The molecule has 0 radical (unpaired) electrons. The molecule has 166 valence electrons. The molecule has 0 spiro atoms. The fraction of sp³-hybridized carbons (Fsp3) is 0.652. The summed E-state index contributed by atoms with van der Waals surface area (Å²) >= 11 is 0. The van der Waals surface area contributed by atoms with E-state index in [9.17, 15) is 0 Å². The van der Waals surface area contributed by atoms with E-state index in [1.807, 2.05) is 13.1 Å². The normalized spacial score (nSPS) is 17.4. The van der Waals surface area contributed by atoms with Crippen molar-refractivity contribution < 1.29 is 0 Å². The van der Waals surface area contributed by atoms with Gasteiger partial charge in [-0.2, -0.15) is 10.2 Å². The Balaban J connectivity index is 1.21. The molecule has 3 aromatic rings. The minimum atomic E-state index is 0.773. The van der Waals surface area contributed by atoms with E-state index in [1.54, 1.807) is 0 Å². The second kappa shape index (κ2) is 8.94. The summed E-state index contributed by atoms with van der Waals surface area (Å²) in [6, 6.07) is 0. The second-order valence-electron chi connectivity index (χ2n) is 9.10. The summed E-state index contributed by atoms with van der Waals surface area (Å²) in [5.74, 6) is 1.75. The first-order valence-electron chi connectivity index (χ1n) is 11.9. The SMILES string of the molecule is Cc1nc(N2CCc3c(c(C)nn3CCCCCN3CCCCC3)C2)c2cn[nH]c2n1. The number of anilines is 1. The Kier molecular flexibility index (Phi) is 5.89. The van der Waals surface area contributed by atoms with Crippen LogP contribution in [0.1, 0.15) is 61.3 Å². The maximum Gasteiger partial charge on any atom is 0.161 e. The van der Waals surface area contributed by atoms with Crippen molar-refractivity contribution in [3.63, 3.8) is 0 Å². The highest BCUT2D eigenvalue weighted by atomic mass is 15.3. The van der Waals surface area contributed by atoms with Gasteiger partial charge in [-0.05, 0) is 59.2 Å². The van der Waals surface area contributed by atoms with Crippen molar-refractivity contribution in [2.45, 2.75) is 71.9 Å². The summed E-state index contributed by atoms with van der Waals surface area (Å²) in [7, 11) is 0. The lowest BCUT2D eigenvalue weighted by Crippen LogP contribution is -2.32.